The minimum Gasteiger partial charge on any atom is -0.365 e. The summed E-state index contributed by atoms with van der Waals surface area (Å²) >= 11 is 0. The standard InChI is InChI=1S/C19H24N6O3S/c1-11-4-3-5-15(12(11)2)17-24-16-18(21-10-22-19(16)25-17)23-14-7-6-13(8-14)9-28-29(20,26)27/h3-5,10,13-14H,6-9H2,1-2H3,(H2,20,26,27)(H2,21,22,23,24,25)/t13-,14-/m0/s1. The van der Waals surface area contributed by atoms with Crippen molar-refractivity contribution in [2.75, 3.05) is 11.9 Å². The molecule has 1 saturated carbocycles. The van der Waals surface area contributed by atoms with Crippen LogP contribution in [0.15, 0.2) is 24.5 Å². The summed E-state index contributed by atoms with van der Waals surface area (Å²) in [5, 5.41) is 8.34. The molecule has 2 aromatic heterocycles. The fourth-order valence-electron chi connectivity index (χ4n) is 3.81. The Hall–Kier alpha value is -2.56. The first-order valence-electron chi connectivity index (χ1n) is 9.51. The highest BCUT2D eigenvalue weighted by atomic mass is 32.2. The van der Waals surface area contributed by atoms with E-state index in [1.165, 1.54) is 17.5 Å². The van der Waals surface area contributed by atoms with Gasteiger partial charge in [-0.15, -0.1) is 0 Å². The SMILES string of the molecule is Cc1cccc(-c2nc3c(N[C@H]4CC[C@H](COS(N)(=O)=O)C4)ncnc3[nH]2)c1C. The van der Waals surface area contributed by atoms with Crippen molar-refractivity contribution in [3.8, 4) is 11.4 Å². The summed E-state index contributed by atoms with van der Waals surface area (Å²) in [5.74, 6) is 1.56. The van der Waals surface area contributed by atoms with Gasteiger partial charge in [0.05, 0.1) is 6.61 Å². The van der Waals surface area contributed by atoms with E-state index in [0.29, 0.717) is 17.0 Å². The van der Waals surface area contributed by atoms with Crippen molar-refractivity contribution in [2.24, 2.45) is 11.1 Å². The Kier molecular flexibility index (Phi) is 5.24. The number of hydrogen-bond acceptors (Lipinski definition) is 7. The van der Waals surface area contributed by atoms with Gasteiger partial charge in [0.15, 0.2) is 17.0 Å². The van der Waals surface area contributed by atoms with Gasteiger partial charge >= 0.3 is 10.3 Å². The van der Waals surface area contributed by atoms with Crippen LogP contribution in [0.5, 0.6) is 0 Å². The number of nitrogens with one attached hydrogen (secondary N) is 2. The normalized spacial score (nSPS) is 19.7. The maximum atomic E-state index is 11.0. The average Bonchev–Trinajstić information content (AvgIpc) is 3.29. The highest BCUT2D eigenvalue weighted by Gasteiger charge is 2.27. The molecule has 1 aromatic carbocycles. The van der Waals surface area contributed by atoms with E-state index in [1.807, 2.05) is 12.1 Å². The summed E-state index contributed by atoms with van der Waals surface area (Å²) in [6.45, 7) is 4.25. The lowest BCUT2D eigenvalue weighted by Gasteiger charge is -2.13. The van der Waals surface area contributed by atoms with Crippen LogP contribution in [0.25, 0.3) is 22.6 Å². The lowest BCUT2D eigenvalue weighted by Crippen LogP contribution is -2.21. The molecule has 10 heteroatoms. The van der Waals surface area contributed by atoms with Crippen LogP contribution in [0.4, 0.5) is 5.82 Å². The lowest BCUT2D eigenvalue weighted by molar-refractivity contribution is 0.256. The number of imidazole rings is 1. The summed E-state index contributed by atoms with van der Waals surface area (Å²) in [6.07, 6.45) is 4.02. The molecule has 154 valence electrons. The summed E-state index contributed by atoms with van der Waals surface area (Å²) in [6, 6.07) is 6.28. The lowest BCUT2D eigenvalue weighted by atomic mass is 10.0. The molecule has 0 radical (unpaired) electrons. The van der Waals surface area contributed by atoms with Crippen molar-refractivity contribution in [3.63, 3.8) is 0 Å². The molecule has 4 rings (SSSR count). The predicted octanol–water partition coefficient (Wildman–Crippen LogP) is 2.44. The number of aromatic amines is 1. The van der Waals surface area contributed by atoms with Crippen molar-refractivity contribution in [1.82, 2.24) is 19.9 Å². The van der Waals surface area contributed by atoms with Crippen LogP contribution in [-0.4, -0.2) is 41.0 Å². The summed E-state index contributed by atoms with van der Waals surface area (Å²) in [7, 11) is -3.90. The van der Waals surface area contributed by atoms with Crippen LogP contribution in [0, 0.1) is 19.8 Å². The summed E-state index contributed by atoms with van der Waals surface area (Å²) in [4.78, 5) is 16.7. The second kappa shape index (κ2) is 7.69. The molecular weight excluding hydrogens is 392 g/mol. The van der Waals surface area contributed by atoms with Crippen LogP contribution < -0.4 is 10.5 Å². The van der Waals surface area contributed by atoms with Crippen molar-refractivity contribution >= 4 is 27.3 Å². The fraction of sp³-hybridized carbons (Fsp3) is 0.421. The van der Waals surface area contributed by atoms with Crippen molar-refractivity contribution in [3.05, 3.63) is 35.7 Å². The quantitative estimate of drug-likeness (QED) is 0.561. The van der Waals surface area contributed by atoms with E-state index in [0.717, 1.165) is 30.7 Å². The molecule has 2 heterocycles. The Morgan fingerprint density at radius 3 is 2.90 bits per heavy atom. The number of nitrogens with zero attached hydrogens (tertiary/aromatic N) is 3. The highest BCUT2D eigenvalue weighted by molar-refractivity contribution is 7.84. The molecule has 9 nitrogen and oxygen atoms in total. The molecule has 0 amide bonds. The predicted molar refractivity (Wildman–Crippen MR) is 110 cm³/mol. The maximum Gasteiger partial charge on any atom is 0.333 e. The van der Waals surface area contributed by atoms with Gasteiger partial charge in [0.25, 0.3) is 0 Å². The Bertz CT molecular complexity index is 1140. The van der Waals surface area contributed by atoms with Gasteiger partial charge in [-0.2, -0.15) is 8.42 Å². The van der Waals surface area contributed by atoms with Gasteiger partial charge in [-0.25, -0.2) is 20.1 Å². The molecule has 4 N–H and O–H groups in total. The molecule has 0 unspecified atom stereocenters. The van der Waals surface area contributed by atoms with E-state index >= 15 is 0 Å². The van der Waals surface area contributed by atoms with Crippen LogP contribution in [0.2, 0.25) is 0 Å². The number of aryl methyl sites for hydroxylation is 1. The largest absolute Gasteiger partial charge is 0.365 e. The van der Waals surface area contributed by atoms with Gasteiger partial charge in [0, 0.05) is 11.6 Å². The van der Waals surface area contributed by atoms with Crippen molar-refractivity contribution in [2.45, 2.75) is 39.2 Å². The van der Waals surface area contributed by atoms with Crippen LogP contribution in [0.3, 0.4) is 0 Å². The fourth-order valence-corrected chi connectivity index (χ4v) is 4.19. The van der Waals surface area contributed by atoms with Crippen LogP contribution in [-0.2, 0) is 14.5 Å². The van der Waals surface area contributed by atoms with Crippen molar-refractivity contribution < 1.29 is 12.6 Å². The molecule has 29 heavy (non-hydrogen) atoms. The first-order chi connectivity index (χ1) is 13.8. The number of fused-ring (bicyclic) bond motifs is 1. The topological polar surface area (TPSA) is 136 Å². The molecule has 0 aliphatic heterocycles. The minimum absolute atomic E-state index is 0.107. The zero-order chi connectivity index (χ0) is 20.6. The van der Waals surface area contributed by atoms with Gasteiger partial charge in [-0.05, 0) is 50.2 Å². The van der Waals surface area contributed by atoms with Crippen molar-refractivity contribution in [1.29, 1.82) is 0 Å². The molecule has 0 bridgehead atoms. The van der Waals surface area contributed by atoms with Gasteiger partial charge in [-0.3, -0.25) is 4.18 Å². The van der Waals surface area contributed by atoms with Gasteiger partial charge < -0.3 is 10.3 Å². The molecule has 1 aliphatic carbocycles. The zero-order valence-electron chi connectivity index (χ0n) is 16.3. The monoisotopic (exact) mass is 416 g/mol. The molecule has 2 atom stereocenters. The van der Waals surface area contributed by atoms with E-state index in [9.17, 15) is 8.42 Å². The Labute approximate surface area is 169 Å². The molecular formula is C19H24N6O3S. The van der Waals surface area contributed by atoms with Gasteiger partial charge in [-0.1, -0.05) is 18.2 Å². The van der Waals surface area contributed by atoms with E-state index < -0.39 is 10.3 Å². The maximum absolute atomic E-state index is 11.0. The molecule has 0 spiro atoms. The number of nitrogens with two attached hydrogens (primary N) is 1. The number of benzene rings is 1. The van der Waals surface area contributed by atoms with E-state index in [4.69, 9.17) is 14.3 Å². The first-order valence-corrected chi connectivity index (χ1v) is 11.0. The van der Waals surface area contributed by atoms with Crippen LogP contribution in [0.1, 0.15) is 30.4 Å². The minimum atomic E-state index is -3.90. The average molecular weight is 417 g/mol. The van der Waals surface area contributed by atoms with Gasteiger partial charge in [0.2, 0.25) is 0 Å². The zero-order valence-corrected chi connectivity index (χ0v) is 17.2. The van der Waals surface area contributed by atoms with Gasteiger partial charge in [0.1, 0.15) is 12.2 Å². The van der Waals surface area contributed by atoms with E-state index in [1.54, 1.807) is 0 Å². The molecule has 1 fully saturated rings. The first kappa shape index (κ1) is 19.7. The van der Waals surface area contributed by atoms with E-state index in [2.05, 4.69) is 40.2 Å². The number of H-pyrrole nitrogens is 1. The Morgan fingerprint density at radius 2 is 2.10 bits per heavy atom. The highest BCUT2D eigenvalue weighted by Crippen LogP contribution is 2.31. The number of anilines is 1. The Morgan fingerprint density at radius 1 is 1.28 bits per heavy atom. The third-order valence-electron chi connectivity index (χ3n) is 5.49. The number of aromatic nitrogens is 4. The second-order valence-electron chi connectivity index (χ2n) is 7.55. The second-order valence-corrected chi connectivity index (χ2v) is 8.77. The van der Waals surface area contributed by atoms with Crippen LogP contribution >= 0.6 is 0 Å². The summed E-state index contributed by atoms with van der Waals surface area (Å²) in [5.41, 5.74) is 4.77. The third-order valence-corrected chi connectivity index (χ3v) is 5.96. The smallest absolute Gasteiger partial charge is 0.333 e. The number of hydrogen-bond donors (Lipinski definition) is 3. The third kappa shape index (κ3) is 4.39. The number of rotatable bonds is 6. The summed E-state index contributed by atoms with van der Waals surface area (Å²) < 4.78 is 26.7. The Balaban J connectivity index is 1.53. The molecule has 1 aliphatic rings. The molecule has 0 saturated heterocycles. The van der Waals surface area contributed by atoms with E-state index in [-0.39, 0.29) is 18.6 Å². The molecule has 3 aromatic rings.